The molecule has 6 nitrogen and oxygen atoms in total. The zero-order valence-corrected chi connectivity index (χ0v) is 12.0. The van der Waals surface area contributed by atoms with Crippen molar-refractivity contribution in [2.75, 3.05) is 0 Å². The van der Waals surface area contributed by atoms with E-state index in [0.717, 1.165) is 37.9 Å². The number of carbonyl (C=O) groups is 1. The molecule has 1 atom stereocenters. The Balaban J connectivity index is 1.82. The van der Waals surface area contributed by atoms with Gasteiger partial charge in [0.25, 0.3) is 0 Å². The largest absolute Gasteiger partial charge is 0.481 e. The number of aliphatic carboxylic acids is 1. The quantitative estimate of drug-likeness (QED) is 0.893. The highest BCUT2D eigenvalue weighted by Gasteiger charge is 2.42. The normalized spacial score (nSPS) is 23.4. The molecule has 1 aromatic heterocycles. The van der Waals surface area contributed by atoms with Gasteiger partial charge >= 0.3 is 5.97 Å². The molecule has 2 fully saturated rings. The monoisotopic (exact) mass is 278 g/mol. The second-order valence-corrected chi connectivity index (χ2v) is 6.47. The van der Waals surface area contributed by atoms with Gasteiger partial charge in [-0.3, -0.25) is 4.79 Å². The third-order valence-electron chi connectivity index (χ3n) is 5.01. The molecule has 0 aromatic carbocycles. The highest BCUT2D eigenvalue weighted by molar-refractivity contribution is 5.74. The first-order valence-electron chi connectivity index (χ1n) is 7.62. The Hall–Kier alpha value is -1.46. The van der Waals surface area contributed by atoms with Gasteiger partial charge in [0.05, 0.1) is 12.0 Å². The van der Waals surface area contributed by atoms with Gasteiger partial charge in [-0.05, 0) is 42.0 Å². The molecule has 20 heavy (non-hydrogen) atoms. The van der Waals surface area contributed by atoms with Crippen molar-refractivity contribution >= 4 is 5.97 Å². The fourth-order valence-corrected chi connectivity index (χ4v) is 3.41. The fraction of sp³-hybridized carbons (Fsp3) is 0.857. The van der Waals surface area contributed by atoms with Crippen molar-refractivity contribution in [3.63, 3.8) is 0 Å². The average Bonchev–Trinajstić information content (AvgIpc) is 3.20. The number of nitrogens with zero attached hydrogens (tertiary/aromatic N) is 4. The maximum Gasteiger partial charge on any atom is 0.311 e. The molecule has 1 N–H and O–H groups in total. The van der Waals surface area contributed by atoms with Crippen molar-refractivity contribution in [1.29, 1.82) is 0 Å². The molecule has 0 bridgehead atoms. The summed E-state index contributed by atoms with van der Waals surface area (Å²) in [4.78, 5) is 11.7. The third-order valence-corrected chi connectivity index (χ3v) is 5.01. The van der Waals surface area contributed by atoms with E-state index in [1.54, 1.807) is 4.68 Å². The van der Waals surface area contributed by atoms with Crippen molar-refractivity contribution < 1.29 is 9.90 Å². The van der Waals surface area contributed by atoms with Gasteiger partial charge in [-0.1, -0.05) is 26.2 Å². The van der Waals surface area contributed by atoms with Crippen molar-refractivity contribution in [1.82, 2.24) is 20.2 Å². The minimum absolute atomic E-state index is 0.333. The van der Waals surface area contributed by atoms with E-state index in [9.17, 15) is 9.90 Å². The molecule has 110 valence electrons. The number of hydrogen-bond acceptors (Lipinski definition) is 4. The molecule has 1 unspecified atom stereocenters. The Kier molecular flexibility index (Phi) is 3.48. The van der Waals surface area contributed by atoms with Crippen molar-refractivity contribution in [3.05, 3.63) is 5.82 Å². The maximum absolute atomic E-state index is 11.7. The highest BCUT2D eigenvalue weighted by Crippen LogP contribution is 2.43. The van der Waals surface area contributed by atoms with Crippen LogP contribution in [-0.2, 0) is 11.3 Å². The Labute approximate surface area is 118 Å². The minimum atomic E-state index is -0.697. The average molecular weight is 278 g/mol. The van der Waals surface area contributed by atoms with Crippen LogP contribution < -0.4 is 0 Å². The van der Waals surface area contributed by atoms with E-state index >= 15 is 0 Å². The van der Waals surface area contributed by atoms with Crippen molar-refractivity contribution in [3.8, 4) is 0 Å². The first-order valence-corrected chi connectivity index (χ1v) is 7.62. The lowest BCUT2D eigenvalue weighted by atomic mass is 9.74. The molecule has 2 saturated carbocycles. The summed E-state index contributed by atoms with van der Waals surface area (Å²) in [6.45, 7) is 2.57. The number of carboxylic acids is 1. The summed E-state index contributed by atoms with van der Waals surface area (Å²) < 4.78 is 1.75. The van der Waals surface area contributed by atoms with Crippen LogP contribution in [0.5, 0.6) is 0 Å². The van der Waals surface area contributed by atoms with Crippen LogP contribution >= 0.6 is 0 Å². The summed E-state index contributed by atoms with van der Waals surface area (Å²) in [5, 5.41) is 21.6. The molecule has 3 rings (SSSR count). The first kappa shape index (κ1) is 13.5. The summed E-state index contributed by atoms with van der Waals surface area (Å²) in [7, 11) is 0. The summed E-state index contributed by atoms with van der Waals surface area (Å²) in [5.41, 5.74) is -0.675. The maximum atomic E-state index is 11.7. The van der Waals surface area contributed by atoms with Gasteiger partial charge in [-0.2, -0.15) is 0 Å². The number of rotatable bonds is 5. The lowest BCUT2D eigenvalue weighted by Gasteiger charge is -2.33. The first-order chi connectivity index (χ1) is 9.62. The molecular formula is C14H22N4O2. The minimum Gasteiger partial charge on any atom is -0.481 e. The fourth-order valence-electron chi connectivity index (χ4n) is 3.41. The van der Waals surface area contributed by atoms with Crippen LogP contribution in [0.3, 0.4) is 0 Å². The topological polar surface area (TPSA) is 80.9 Å². The summed E-state index contributed by atoms with van der Waals surface area (Å²) in [6, 6.07) is 0. The van der Waals surface area contributed by atoms with E-state index in [0.29, 0.717) is 18.4 Å². The zero-order valence-electron chi connectivity index (χ0n) is 12.0. The van der Waals surface area contributed by atoms with Gasteiger partial charge in [0.2, 0.25) is 0 Å². The van der Waals surface area contributed by atoms with Gasteiger partial charge in [-0.15, -0.1) is 5.10 Å². The van der Waals surface area contributed by atoms with E-state index in [2.05, 4.69) is 22.4 Å². The Morgan fingerprint density at radius 3 is 2.70 bits per heavy atom. The van der Waals surface area contributed by atoms with E-state index in [4.69, 9.17) is 0 Å². The lowest BCUT2D eigenvalue weighted by molar-refractivity contribution is -0.152. The Bertz CT molecular complexity index is 489. The molecule has 0 amide bonds. The van der Waals surface area contributed by atoms with Crippen molar-refractivity contribution in [2.45, 2.75) is 64.3 Å². The summed E-state index contributed by atoms with van der Waals surface area (Å²) >= 11 is 0. The van der Waals surface area contributed by atoms with Crippen LogP contribution in [0.2, 0.25) is 0 Å². The third kappa shape index (κ3) is 2.43. The predicted octanol–water partition coefficient (Wildman–Crippen LogP) is 2.22. The standard InChI is InChI=1S/C14H22N4O2/c1-10(11-5-6-11)12-15-16-17-18(12)9-14(13(19)20)7-3-2-4-8-14/h10-11H,2-9H2,1H3,(H,19,20). The van der Waals surface area contributed by atoms with E-state index in [-0.39, 0.29) is 0 Å². The second kappa shape index (κ2) is 5.14. The van der Waals surface area contributed by atoms with Crippen LogP contribution in [0, 0.1) is 11.3 Å². The van der Waals surface area contributed by atoms with Gasteiger partial charge in [-0.25, -0.2) is 4.68 Å². The molecule has 0 radical (unpaired) electrons. The lowest BCUT2D eigenvalue weighted by Crippen LogP contribution is -2.38. The second-order valence-electron chi connectivity index (χ2n) is 6.47. The molecule has 0 saturated heterocycles. The molecular weight excluding hydrogens is 256 g/mol. The van der Waals surface area contributed by atoms with E-state index < -0.39 is 11.4 Å². The van der Waals surface area contributed by atoms with Crippen LogP contribution in [0.15, 0.2) is 0 Å². The number of carboxylic acid groups (broad SMARTS) is 1. The van der Waals surface area contributed by atoms with Gasteiger partial charge in [0.1, 0.15) is 0 Å². The number of hydrogen-bond donors (Lipinski definition) is 1. The molecule has 6 heteroatoms. The molecule has 1 aromatic rings. The zero-order chi connectivity index (χ0) is 14.2. The Morgan fingerprint density at radius 2 is 2.10 bits per heavy atom. The molecule has 1 heterocycles. The van der Waals surface area contributed by atoms with Gasteiger partial charge < -0.3 is 5.11 Å². The molecule has 0 spiro atoms. The summed E-state index contributed by atoms with van der Waals surface area (Å²) in [6.07, 6.45) is 7.05. The van der Waals surface area contributed by atoms with Crippen LogP contribution in [0.25, 0.3) is 0 Å². The SMILES string of the molecule is CC(c1nnnn1CC1(C(=O)O)CCCCC1)C1CC1. The van der Waals surface area contributed by atoms with Crippen LogP contribution in [0.1, 0.15) is 63.6 Å². The molecule has 0 aliphatic heterocycles. The number of tetrazole rings is 1. The number of aromatic nitrogens is 4. The Morgan fingerprint density at radius 1 is 1.40 bits per heavy atom. The predicted molar refractivity (Wildman–Crippen MR) is 72.1 cm³/mol. The van der Waals surface area contributed by atoms with Crippen LogP contribution in [0.4, 0.5) is 0 Å². The van der Waals surface area contributed by atoms with E-state index in [1.807, 2.05) is 0 Å². The molecule has 2 aliphatic rings. The van der Waals surface area contributed by atoms with Gasteiger partial charge in [0, 0.05) is 5.92 Å². The van der Waals surface area contributed by atoms with Crippen molar-refractivity contribution in [2.24, 2.45) is 11.3 Å². The summed E-state index contributed by atoms with van der Waals surface area (Å²) in [5.74, 6) is 1.17. The van der Waals surface area contributed by atoms with E-state index in [1.165, 1.54) is 12.8 Å². The smallest absolute Gasteiger partial charge is 0.311 e. The highest BCUT2D eigenvalue weighted by atomic mass is 16.4. The van der Waals surface area contributed by atoms with Gasteiger partial charge in [0.15, 0.2) is 5.82 Å². The molecule has 2 aliphatic carbocycles. The van der Waals surface area contributed by atoms with Crippen LogP contribution in [-0.4, -0.2) is 31.3 Å².